The maximum absolute atomic E-state index is 5.57. The molecule has 0 saturated carbocycles. The fourth-order valence-corrected chi connectivity index (χ4v) is 18.6. The van der Waals surface area contributed by atoms with Gasteiger partial charge < -0.3 is 0 Å². The van der Waals surface area contributed by atoms with Crippen LogP contribution in [0.25, 0.3) is 233 Å². The van der Waals surface area contributed by atoms with E-state index in [1.807, 2.05) is 0 Å². The highest BCUT2D eigenvalue weighted by Crippen LogP contribution is 2.59. The summed E-state index contributed by atoms with van der Waals surface area (Å²) in [6.45, 7) is 0. The fourth-order valence-electron chi connectivity index (χ4n) is 18.6. The minimum absolute atomic E-state index is 0.561. The van der Waals surface area contributed by atoms with Gasteiger partial charge >= 0.3 is 0 Å². The van der Waals surface area contributed by atoms with Crippen LogP contribution >= 0.6 is 0 Å². The van der Waals surface area contributed by atoms with Gasteiger partial charge in [0.25, 0.3) is 0 Å². The summed E-state index contributed by atoms with van der Waals surface area (Å²) in [6.07, 6.45) is 0. The maximum atomic E-state index is 5.57. The molecule has 0 bridgehead atoms. The topological polar surface area (TPSA) is 38.7 Å². The Kier molecular flexibility index (Phi) is 17.9. The van der Waals surface area contributed by atoms with Crippen molar-refractivity contribution in [2.75, 3.05) is 0 Å². The van der Waals surface area contributed by atoms with Crippen LogP contribution in [0, 0.1) is 0 Å². The van der Waals surface area contributed by atoms with E-state index in [4.69, 9.17) is 15.0 Å². The normalized spacial score (nSPS) is 11.5. The number of aromatic nitrogens is 3. The van der Waals surface area contributed by atoms with E-state index in [-0.39, 0.29) is 0 Å². The summed E-state index contributed by atoms with van der Waals surface area (Å²) >= 11 is 0. The molecule has 0 amide bonds. The zero-order chi connectivity index (χ0) is 79.4. The standard InChI is InChI=1S/C117H75N3/c1-11-35-76(36-12-1)92-69-93(77-37-13-2-14-38-77)72-96(71-92)88-55-31-57-90(67-88)116-118-115(119-117(120-116)91-58-32-56-89(68-91)97-73-94(78-39-15-3-16-40-78)70-95(74-97)79-41-17-4-18-42-79)87-65-63-81(64-66-87)102-75-103(80-43-19-5-20-44-80)111-98-59-33-61-100-109(98)110-99(112(111)104(102)82-45-21-6-22-46-82)60-34-62-101(110)114-108(86-53-29-10-30-54-86)106(84-49-25-8-26-50-84)105(83-47-23-7-24-48-83)107(113(100)114)85-51-27-9-28-52-85/h1-75H. The molecule has 120 heavy (non-hydrogen) atoms. The molecule has 0 N–H and O–H groups in total. The van der Waals surface area contributed by atoms with Gasteiger partial charge in [-0.15, -0.1) is 0 Å². The van der Waals surface area contributed by atoms with Crippen LogP contribution < -0.4 is 0 Å². The Hall–Kier alpha value is -15.8. The molecular weight excluding hydrogens is 1450 g/mol. The van der Waals surface area contributed by atoms with Crippen molar-refractivity contribution in [3.05, 3.63) is 455 Å². The Morgan fingerprint density at radius 2 is 0.325 bits per heavy atom. The van der Waals surface area contributed by atoms with E-state index in [2.05, 4.69) is 455 Å². The van der Waals surface area contributed by atoms with Gasteiger partial charge in [-0.25, -0.2) is 15.0 Å². The first-order valence-corrected chi connectivity index (χ1v) is 41.2. The molecule has 0 spiro atoms. The van der Waals surface area contributed by atoms with Gasteiger partial charge in [-0.05, 0) is 253 Å². The molecule has 0 unspecified atom stereocenters. The SMILES string of the molecule is c1ccc(-c2cc(-c3ccccc3)cc(-c3cccc(-c4nc(-c5ccc(-c6cc(-c7ccccc7)c7c8cccc9c%10c(-c%11ccccc%11)c(-c%11ccccc%11)c(-c%11ccccc%11)c(-c%11ccccc%11)c%10c%10cccc(c7c6-c6ccccc6)c%10c89)cc5)nc(-c5cccc(-c6cc(-c7ccccc7)cc(-c7ccccc7)c6)c5)n4)c3)c2)cc1. The highest BCUT2D eigenvalue weighted by Gasteiger charge is 2.31. The van der Waals surface area contributed by atoms with Crippen molar-refractivity contribution < 1.29 is 0 Å². The number of nitrogens with zero attached hydrogens (tertiary/aromatic N) is 3. The zero-order valence-corrected chi connectivity index (χ0v) is 65.6. The van der Waals surface area contributed by atoms with Crippen LogP contribution in [-0.4, -0.2) is 15.0 Å². The summed E-state index contributed by atoms with van der Waals surface area (Å²) in [5, 5.41) is 12.2. The van der Waals surface area contributed by atoms with E-state index in [9.17, 15) is 0 Å². The molecule has 3 heteroatoms. The molecule has 21 aromatic carbocycles. The third kappa shape index (κ3) is 12.8. The number of hydrogen-bond acceptors (Lipinski definition) is 3. The van der Waals surface area contributed by atoms with E-state index in [1.165, 1.54) is 76.1 Å². The van der Waals surface area contributed by atoms with E-state index in [0.717, 1.165) is 139 Å². The second-order valence-corrected chi connectivity index (χ2v) is 31.1. The maximum Gasteiger partial charge on any atom is 0.164 e. The lowest BCUT2D eigenvalue weighted by Crippen LogP contribution is -2.01. The van der Waals surface area contributed by atoms with Gasteiger partial charge in [0.05, 0.1) is 0 Å². The molecule has 0 saturated heterocycles. The lowest BCUT2D eigenvalue weighted by atomic mass is 9.74. The molecule has 1 heterocycles. The second-order valence-electron chi connectivity index (χ2n) is 31.1. The molecule has 22 rings (SSSR count). The summed E-state index contributed by atoms with van der Waals surface area (Å²) in [6, 6.07) is 166. The first-order chi connectivity index (χ1) is 59.5. The monoisotopic (exact) mass is 1520 g/mol. The molecule has 558 valence electrons. The molecular formula is C117H75N3. The van der Waals surface area contributed by atoms with Gasteiger partial charge in [0.1, 0.15) is 0 Å². The Morgan fingerprint density at radius 3 is 0.658 bits per heavy atom. The van der Waals surface area contributed by atoms with Crippen LogP contribution in [0.15, 0.2) is 455 Å². The zero-order valence-electron chi connectivity index (χ0n) is 65.6. The summed E-state index contributed by atoms with van der Waals surface area (Å²) in [7, 11) is 0. The molecule has 0 atom stereocenters. The van der Waals surface area contributed by atoms with Crippen molar-refractivity contribution in [1.82, 2.24) is 15.0 Å². The smallest absolute Gasteiger partial charge is 0.164 e. The van der Waals surface area contributed by atoms with Gasteiger partial charge in [0, 0.05) is 16.7 Å². The quantitative estimate of drug-likeness (QED) is 0.0715. The van der Waals surface area contributed by atoms with Crippen molar-refractivity contribution in [3.8, 4) is 179 Å². The predicted molar refractivity (Wildman–Crippen MR) is 506 cm³/mol. The summed E-state index contributed by atoms with van der Waals surface area (Å²) in [5.74, 6) is 1.69. The number of benzene rings is 21. The van der Waals surface area contributed by atoms with Gasteiger partial charge in [0.15, 0.2) is 17.5 Å². The molecule has 1 aromatic heterocycles. The number of rotatable bonds is 16. The van der Waals surface area contributed by atoms with E-state index in [0.29, 0.717) is 17.5 Å². The van der Waals surface area contributed by atoms with Crippen LogP contribution in [0.1, 0.15) is 0 Å². The fraction of sp³-hybridized carbons (Fsp3) is 0. The van der Waals surface area contributed by atoms with Crippen LogP contribution in [0.4, 0.5) is 0 Å². The largest absolute Gasteiger partial charge is 0.208 e. The molecule has 0 aliphatic heterocycles. The molecule has 22 aromatic rings. The molecule has 0 radical (unpaired) electrons. The third-order valence-corrected chi connectivity index (χ3v) is 24.0. The van der Waals surface area contributed by atoms with Crippen LogP contribution in [-0.2, 0) is 0 Å². The number of fused-ring (bicyclic) bond motifs is 6. The average Bonchev–Trinajstić information content (AvgIpc) is 0.674. The van der Waals surface area contributed by atoms with E-state index >= 15 is 0 Å². The van der Waals surface area contributed by atoms with Crippen molar-refractivity contribution >= 4 is 53.9 Å². The van der Waals surface area contributed by atoms with Crippen LogP contribution in [0.2, 0.25) is 0 Å². The Morgan fingerprint density at radius 1 is 0.108 bits per heavy atom. The summed E-state index contributed by atoms with van der Waals surface area (Å²) in [5.41, 5.74) is 32.2. The average molecular weight is 1520 g/mol. The van der Waals surface area contributed by atoms with Crippen LogP contribution in [0.3, 0.4) is 0 Å². The van der Waals surface area contributed by atoms with E-state index in [1.54, 1.807) is 0 Å². The van der Waals surface area contributed by atoms with Crippen molar-refractivity contribution in [3.63, 3.8) is 0 Å². The van der Waals surface area contributed by atoms with Gasteiger partial charge in [-0.3, -0.25) is 0 Å². The Balaban J connectivity index is 0.774. The molecule has 3 nitrogen and oxygen atoms in total. The predicted octanol–water partition coefficient (Wildman–Crippen LogP) is 31.7. The minimum atomic E-state index is 0.561. The minimum Gasteiger partial charge on any atom is -0.208 e. The number of hydrogen-bond donors (Lipinski definition) is 0. The Bertz CT molecular complexity index is 7290. The first kappa shape index (κ1) is 70.8. The molecule has 0 aliphatic rings. The van der Waals surface area contributed by atoms with Gasteiger partial charge in [0.2, 0.25) is 0 Å². The lowest BCUT2D eigenvalue weighted by Gasteiger charge is -2.28. The van der Waals surface area contributed by atoms with Gasteiger partial charge in [-0.1, -0.05) is 400 Å². The first-order valence-electron chi connectivity index (χ1n) is 41.2. The van der Waals surface area contributed by atoms with Gasteiger partial charge in [-0.2, -0.15) is 0 Å². The van der Waals surface area contributed by atoms with Crippen molar-refractivity contribution in [2.45, 2.75) is 0 Å². The van der Waals surface area contributed by atoms with Crippen molar-refractivity contribution in [1.29, 1.82) is 0 Å². The molecule has 0 aliphatic carbocycles. The summed E-state index contributed by atoms with van der Waals surface area (Å²) in [4.78, 5) is 16.7. The van der Waals surface area contributed by atoms with Crippen molar-refractivity contribution in [2.24, 2.45) is 0 Å². The molecule has 0 fully saturated rings. The summed E-state index contributed by atoms with van der Waals surface area (Å²) < 4.78 is 0. The highest BCUT2D eigenvalue weighted by molar-refractivity contribution is 6.46. The third-order valence-electron chi connectivity index (χ3n) is 24.0. The highest BCUT2D eigenvalue weighted by atomic mass is 15.0. The van der Waals surface area contributed by atoms with Crippen LogP contribution in [0.5, 0.6) is 0 Å². The second kappa shape index (κ2) is 30.4. The van der Waals surface area contributed by atoms with E-state index < -0.39 is 0 Å². The lowest BCUT2D eigenvalue weighted by molar-refractivity contribution is 1.07. The Labute approximate surface area is 697 Å².